The van der Waals surface area contributed by atoms with Gasteiger partial charge in [0.1, 0.15) is 0 Å². The predicted octanol–water partition coefficient (Wildman–Crippen LogP) is 1.53. The zero-order chi connectivity index (χ0) is 7.56. The summed E-state index contributed by atoms with van der Waals surface area (Å²) >= 11 is 0. The summed E-state index contributed by atoms with van der Waals surface area (Å²) in [5.74, 6) is 0. The smallest absolute Gasteiger partial charge is 0.266 e. The van der Waals surface area contributed by atoms with Crippen molar-refractivity contribution in [1.29, 1.82) is 0 Å². The molecule has 1 heterocycles. The van der Waals surface area contributed by atoms with E-state index in [1.807, 2.05) is 24.7 Å². The van der Waals surface area contributed by atoms with Crippen molar-refractivity contribution in [2.75, 3.05) is 0 Å². The molecule has 0 fully saturated rings. The molecule has 0 atom stereocenters. The molecule has 0 N–H and O–H groups in total. The van der Waals surface area contributed by atoms with Gasteiger partial charge in [-0.05, 0) is 13.8 Å². The quantitative estimate of drug-likeness (QED) is 0.731. The van der Waals surface area contributed by atoms with Gasteiger partial charge >= 0.3 is 0 Å². The molecule has 0 spiro atoms. The van der Waals surface area contributed by atoms with Crippen LogP contribution in [0.15, 0.2) is 17.1 Å². The Morgan fingerprint density at radius 1 is 1.25 bits per heavy atom. The van der Waals surface area contributed by atoms with E-state index >= 15 is 0 Å². The standard InChI is InChI=1S/C7H12N2O.2ClH/c1-3-8-6-5-7(10)9(8)4-2;;/h5-6H,3-4H2,1-2H3;2*1H. The van der Waals surface area contributed by atoms with E-state index < -0.39 is 0 Å². The maximum Gasteiger partial charge on any atom is 0.266 e. The van der Waals surface area contributed by atoms with Crippen molar-refractivity contribution in [3.05, 3.63) is 22.6 Å². The first-order valence-corrected chi connectivity index (χ1v) is 3.55. The maximum atomic E-state index is 11.0. The van der Waals surface area contributed by atoms with E-state index in [1.54, 1.807) is 10.7 Å². The van der Waals surface area contributed by atoms with Crippen LogP contribution in [0.4, 0.5) is 0 Å². The van der Waals surface area contributed by atoms with Gasteiger partial charge in [0.25, 0.3) is 5.56 Å². The Morgan fingerprint density at radius 2 is 1.83 bits per heavy atom. The molecule has 3 nitrogen and oxygen atoms in total. The zero-order valence-electron chi connectivity index (χ0n) is 7.19. The molecule has 0 aliphatic rings. The molecule has 0 aliphatic heterocycles. The molecule has 72 valence electrons. The van der Waals surface area contributed by atoms with Crippen molar-refractivity contribution >= 4 is 24.8 Å². The third-order valence-corrected chi connectivity index (χ3v) is 1.58. The average Bonchev–Trinajstić information content (AvgIpc) is 2.30. The molecule has 1 aromatic rings. The minimum atomic E-state index is 0. The van der Waals surface area contributed by atoms with Crippen molar-refractivity contribution in [3.63, 3.8) is 0 Å². The largest absolute Gasteiger partial charge is 0.290 e. The number of aromatic nitrogens is 2. The highest BCUT2D eigenvalue weighted by atomic mass is 35.5. The van der Waals surface area contributed by atoms with Crippen molar-refractivity contribution < 1.29 is 0 Å². The van der Waals surface area contributed by atoms with Crippen LogP contribution in [-0.2, 0) is 13.1 Å². The lowest BCUT2D eigenvalue weighted by atomic mass is 10.7. The first kappa shape index (κ1) is 14.1. The molecule has 0 amide bonds. The van der Waals surface area contributed by atoms with E-state index in [-0.39, 0.29) is 30.4 Å². The molecule has 5 heteroatoms. The van der Waals surface area contributed by atoms with Crippen LogP contribution in [0.1, 0.15) is 13.8 Å². The third-order valence-electron chi connectivity index (χ3n) is 1.58. The van der Waals surface area contributed by atoms with Gasteiger partial charge in [-0.1, -0.05) is 0 Å². The van der Waals surface area contributed by atoms with Crippen LogP contribution in [0.25, 0.3) is 0 Å². The maximum absolute atomic E-state index is 11.0. The van der Waals surface area contributed by atoms with Crippen molar-refractivity contribution in [2.24, 2.45) is 0 Å². The summed E-state index contributed by atoms with van der Waals surface area (Å²) in [6, 6.07) is 1.59. The monoisotopic (exact) mass is 212 g/mol. The Labute approximate surface area is 84.2 Å². The summed E-state index contributed by atoms with van der Waals surface area (Å²) in [4.78, 5) is 11.0. The highest BCUT2D eigenvalue weighted by Gasteiger charge is 1.96. The fourth-order valence-electron chi connectivity index (χ4n) is 1.06. The number of hydrogen-bond acceptors (Lipinski definition) is 1. The van der Waals surface area contributed by atoms with Crippen molar-refractivity contribution in [2.45, 2.75) is 26.9 Å². The molecule has 0 bridgehead atoms. The summed E-state index contributed by atoms with van der Waals surface area (Å²) in [7, 11) is 0. The molecule has 0 saturated heterocycles. The van der Waals surface area contributed by atoms with Crippen molar-refractivity contribution in [3.8, 4) is 0 Å². The lowest BCUT2D eigenvalue weighted by Gasteiger charge is -2.04. The van der Waals surface area contributed by atoms with Crippen LogP contribution in [0.3, 0.4) is 0 Å². The van der Waals surface area contributed by atoms with Gasteiger partial charge in [-0.2, -0.15) is 0 Å². The first-order chi connectivity index (χ1) is 4.79. The van der Waals surface area contributed by atoms with Crippen LogP contribution >= 0.6 is 24.8 Å². The average molecular weight is 213 g/mol. The second kappa shape index (κ2) is 6.14. The van der Waals surface area contributed by atoms with Gasteiger partial charge in [0.2, 0.25) is 0 Å². The Kier molecular flexibility index (Phi) is 7.24. The summed E-state index contributed by atoms with van der Waals surface area (Å²) in [5.41, 5.74) is 0.0874. The fourth-order valence-corrected chi connectivity index (χ4v) is 1.06. The highest BCUT2D eigenvalue weighted by molar-refractivity contribution is 5.85. The molecule has 1 rings (SSSR count). The van der Waals surface area contributed by atoms with Crippen LogP contribution in [0.5, 0.6) is 0 Å². The topological polar surface area (TPSA) is 26.9 Å². The van der Waals surface area contributed by atoms with E-state index in [2.05, 4.69) is 0 Å². The van der Waals surface area contributed by atoms with Gasteiger partial charge in [0, 0.05) is 25.4 Å². The lowest BCUT2D eigenvalue weighted by Crippen LogP contribution is -2.20. The number of rotatable bonds is 2. The normalized spacial score (nSPS) is 8.50. The molecule has 0 saturated carbocycles. The summed E-state index contributed by atoms with van der Waals surface area (Å²) in [5, 5.41) is 0. The van der Waals surface area contributed by atoms with Gasteiger partial charge in [-0.15, -0.1) is 24.8 Å². The van der Waals surface area contributed by atoms with E-state index in [0.717, 1.165) is 13.1 Å². The van der Waals surface area contributed by atoms with Crippen LogP contribution in [0.2, 0.25) is 0 Å². The van der Waals surface area contributed by atoms with Gasteiger partial charge in [-0.3, -0.25) is 14.2 Å². The fraction of sp³-hybridized carbons (Fsp3) is 0.571. The number of hydrogen-bond donors (Lipinski definition) is 0. The van der Waals surface area contributed by atoms with Gasteiger partial charge < -0.3 is 0 Å². The molecule has 0 radical (unpaired) electrons. The molecular weight excluding hydrogens is 199 g/mol. The molecule has 0 aromatic carbocycles. The second-order valence-electron chi connectivity index (χ2n) is 2.13. The zero-order valence-corrected chi connectivity index (χ0v) is 8.82. The van der Waals surface area contributed by atoms with E-state index in [9.17, 15) is 4.79 Å². The minimum Gasteiger partial charge on any atom is -0.290 e. The summed E-state index contributed by atoms with van der Waals surface area (Å²) in [6.45, 7) is 5.59. The molecule has 0 aliphatic carbocycles. The number of nitrogens with zero attached hydrogens (tertiary/aromatic N) is 2. The van der Waals surface area contributed by atoms with Crippen LogP contribution < -0.4 is 5.56 Å². The third kappa shape index (κ3) is 2.57. The highest BCUT2D eigenvalue weighted by Crippen LogP contribution is 1.84. The SMILES string of the molecule is CCn1ccc(=O)n1CC.Cl.Cl. The molecule has 12 heavy (non-hydrogen) atoms. The van der Waals surface area contributed by atoms with E-state index in [0.29, 0.717) is 0 Å². The number of halogens is 2. The molecule has 0 unspecified atom stereocenters. The van der Waals surface area contributed by atoms with Gasteiger partial charge in [0.05, 0.1) is 0 Å². The van der Waals surface area contributed by atoms with E-state index in [1.165, 1.54) is 0 Å². The summed E-state index contributed by atoms with van der Waals surface area (Å²) in [6.07, 6.45) is 1.81. The Balaban J connectivity index is 0. The van der Waals surface area contributed by atoms with E-state index in [4.69, 9.17) is 0 Å². The van der Waals surface area contributed by atoms with Crippen LogP contribution in [0, 0.1) is 0 Å². The summed E-state index contributed by atoms with van der Waals surface area (Å²) < 4.78 is 3.61. The van der Waals surface area contributed by atoms with Crippen molar-refractivity contribution in [1.82, 2.24) is 9.36 Å². The molecule has 1 aromatic heterocycles. The Morgan fingerprint density at radius 3 is 2.17 bits per heavy atom. The number of aryl methyl sites for hydroxylation is 1. The molecular formula is C7H14Cl2N2O. The van der Waals surface area contributed by atoms with Gasteiger partial charge in [0.15, 0.2) is 0 Å². The van der Waals surface area contributed by atoms with Crippen LogP contribution in [-0.4, -0.2) is 9.36 Å². The Hall–Kier alpha value is -0.410. The second-order valence-corrected chi connectivity index (χ2v) is 2.13. The predicted molar refractivity (Wildman–Crippen MR) is 54.5 cm³/mol. The Bertz CT molecular complexity index is 267. The first-order valence-electron chi connectivity index (χ1n) is 3.55. The van der Waals surface area contributed by atoms with Gasteiger partial charge in [-0.25, -0.2) is 0 Å². The minimum absolute atomic E-state index is 0. The lowest BCUT2D eigenvalue weighted by molar-refractivity contribution is 0.477.